The molecule has 0 bridgehead atoms. The first-order chi connectivity index (χ1) is 5.68. The number of aromatic nitrogens is 2. The molecule has 0 saturated carbocycles. The summed E-state index contributed by atoms with van der Waals surface area (Å²) >= 11 is 5.57. The van der Waals surface area contributed by atoms with Crippen LogP contribution in [0.2, 0.25) is 0 Å². The average molecular weight is 186 g/mol. The number of aromatic amines is 1. The molecule has 66 valence electrons. The zero-order valence-electron chi connectivity index (χ0n) is 7.02. The summed E-state index contributed by atoms with van der Waals surface area (Å²) in [5.74, 6) is 0.927. The molecule has 3 nitrogen and oxygen atoms in total. The van der Waals surface area contributed by atoms with E-state index in [-0.39, 0.29) is 0 Å². The summed E-state index contributed by atoms with van der Waals surface area (Å²) in [5.41, 5.74) is 1.06. The third-order valence-electron chi connectivity index (χ3n) is 1.39. The number of rotatable bonds is 4. The van der Waals surface area contributed by atoms with Gasteiger partial charge >= 0.3 is 0 Å². The molecule has 1 rings (SSSR count). The molecule has 0 atom stereocenters. The third kappa shape index (κ3) is 3.07. The second-order valence-electron chi connectivity index (χ2n) is 2.61. The summed E-state index contributed by atoms with van der Waals surface area (Å²) in [6, 6.07) is 0. The molecule has 0 unspecified atom stereocenters. The monoisotopic (exact) mass is 185 g/mol. The molecule has 0 spiro atoms. The molecular formula is C8H12ClN3. The topological polar surface area (TPSA) is 40.7 Å². The first kappa shape index (κ1) is 9.29. The summed E-state index contributed by atoms with van der Waals surface area (Å²) in [4.78, 5) is 7.17. The molecule has 0 aliphatic rings. The van der Waals surface area contributed by atoms with Gasteiger partial charge in [-0.25, -0.2) is 4.98 Å². The Morgan fingerprint density at radius 1 is 1.83 bits per heavy atom. The van der Waals surface area contributed by atoms with Gasteiger partial charge in [0.15, 0.2) is 0 Å². The first-order valence-corrected chi connectivity index (χ1v) is 4.11. The van der Waals surface area contributed by atoms with Gasteiger partial charge in [-0.3, -0.25) is 0 Å². The van der Waals surface area contributed by atoms with E-state index in [1.807, 2.05) is 6.92 Å². The number of H-pyrrole nitrogens is 1. The fourth-order valence-electron chi connectivity index (χ4n) is 0.894. The minimum Gasteiger partial charge on any atom is -0.345 e. The van der Waals surface area contributed by atoms with Crippen molar-refractivity contribution < 1.29 is 0 Å². The largest absolute Gasteiger partial charge is 0.345 e. The number of hydrogen-bond donors (Lipinski definition) is 2. The number of hydrogen-bond acceptors (Lipinski definition) is 2. The molecule has 12 heavy (non-hydrogen) atoms. The molecule has 0 aromatic carbocycles. The van der Waals surface area contributed by atoms with Gasteiger partial charge in [-0.05, 0) is 6.92 Å². The van der Waals surface area contributed by atoms with E-state index in [4.69, 9.17) is 11.6 Å². The Morgan fingerprint density at radius 3 is 3.08 bits per heavy atom. The normalized spacial score (nSPS) is 10.2. The van der Waals surface area contributed by atoms with Gasteiger partial charge in [0.1, 0.15) is 5.82 Å². The van der Waals surface area contributed by atoms with Crippen molar-refractivity contribution in [3.8, 4) is 0 Å². The van der Waals surface area contributed by atoms with Gasteiger partial charge in [0.25, 0.3) is 0 Å². The van der Waals surface area contributed by atoms with Crippen LogP contribution in [-0.4, -0.2) is 16.5 Å². The lowest BCUT2D eigenvalue weighted by molar-refractivity contribution is 0.738. The van der Waals surface area contributed by atoms with Crippen LogP contribution in [0.1, 0.15) is 11.5 Å². The van der Waals surface area contributed by atoms with Crippen molar-refractivity contribution in [2.24, 2.45) is 0 Å². The lowest BCUT2D eigenvalue weighted by Gasteiger charge is -1.99. The van der Waals surface area contributed by atoms with Crippen LogP contribution in [0.5, 0.6) is 0 Å². The van der Waals surface area contributed by atoms with E-state index in [1.165, 1.54) is 0 Å². The molecule has 0 radical (unpaired) electrons. The highest BCUT2D eigenvalue weighted by Crippen LogP contribution is 1.96. The van der Waals surface area contributed by atoms with E-state index in [9.17, 15) is 0 Å². The van der Waals surface area contributed by atoms with Crippen molar-refractivity contribution in [2.45, 2.75) is 13.5 Å². The molecule has 0 aliphatic heterocycles. The predicted octanol–water partition coefficient (Wildman–Crippen LogP) is 1.56. The fraction of sp³-hybridized carbons (Fsp3) is 0.375. The predicted molar refractivity (Wildman–Crippen MR) is 50.0 cm³/mol. The lowest BCUT2D eigenvalue weighted by Crippen LogP contribution is -2.14. The third-order valence-corrected chi connectivity index (χ3v) is 1.52. The van der Waals surface area contributed by atoms with E-state index in [1.54, 1.807) is 6.20 Å². The van der Waals surface area contributed by atoms with Crippen molar-refractivity contribution in [3.63, 3.8) is 0 Å². The van der Waals surface area contributed by atoms with Crippen LogP contribution in [0.4, 0.5) is 0 Å². The zero-order chi connectivity index (χ0) is 8.97. The lowest BCUT2D eigenvalue weighted by atomic mass is 10.4. The molecule has 1 aromatic rings. The Hall–Kier alpha value is -0.800. The fourth-order valence-corrected chi connectivity index (χ4v) is 0.989. The number of halogens is 1. The van der Waals surface area contributed by atoms with Crippen molar-refractivity contribution in [3.05, 3.63) is 29.3 Å². The van der Waals surface area contributed by atoms with Crippen LogP contribution >= 0.6 is 11.6 Å². The van der Waals surface area contributed by atoms with E-state index in [2.05, 4.69) is 21.9 Å². The van der Waals surface area contributed by atoms with Gasteiger partial charge in [0, 0.05) is 30.0 Å². The van der Waals surface area contributed by atoms with Crippen molar-refractivity contribution in [1.82, 2.24) is 15.3 Å². The van der Waals surface area contributed by atoms with Crippen LogP contribution in [0.25, 0.3) is 0 Å². The SMILES string of the molecule is C=C(Cl)CNCc1cnc(C)[nH]1. The summed E-state index contributed by atoms with van der Waals surface area (Å²) in [7, 11) is 0. The molecule has 0 amide bonds. The van der Waals surface area contributed by atoms with Crippen molar-refractivity contribution in [1.29, 1.82) is 0 Å². The maximum atomic E-state index is 5.57. The van der Waals surface area contributed by atoms with E-state index in [0.717, 1.165) is 18.1 Å². The maximum absolute atomic E-state index is 5.57. The summed E-state index contributed by atoms with van der Waals surface area (Å²) in [6.45, 7) is 6.86. The van der Waals surface area contributed by atoms with Crippen LogP contribution < -0.4 is 5.32 Å². The summed E-state index contributed by atoms with van der Waals surface area (Å²) < 4.78 is 0. The molecule has 0 fully saturated rings. The Morgan fingerprint density at radius 2 is 2.58 bits per heavy atom. The number of imidazole rings is 1. The Labute approximate surface area is 76.8 Å². The number of nitrogens with one attached hydrogen (secondary N) is 2. The van der Waals surface area contributed by atoms with Gasteiger partial charge < -0.3 is 10.3 Å². The van der Waals surface area contributed by atoms with Crippen LogP contribution in [-0.2, 0) is 6.54 Å². The summed E-state index contributed by atoms with van der Waals surface area (Å²) in [6.07, 6.45) is 1.80. The van der Waals surface area contributed by atoms with Gasteiger partial charge in [0.05, 0.1) is 0 Å². The van der Waals surface area contributed by atoms with E-state index in [0.29, 0.717) is 11.6 Å². The highest BCUT2D eigenvalue weighted by atomic mass is 35.5. The second-order valence-corrected chi connectivity index (χ2v) is 3.15. The average Bonchev–Trinajstić information content (AvgIpc) is 2.35. The highest BCUT2D eigenvalue weighted by molar-refractivity contribution is 6.29. The minimum atomic E-state index is 0.617. The number of aryl methyl sites for hydroxylation is 1. The Balaban J connectivity index is 2.29. The molecule has 1 heterocycles. The molecule has 0 aliphatic carbocycles. The molecule has 4 heteroatoms. The van der Waals surface area contributed by atoms with Gasteiger partial charge in [-0.1, -0.05) is 18.2 Å². The molecule has 1 aromatic heterocycles. The Bertz CT molecular complexity index is 267. The minimum absolute atomic E-state index is 0.617. The molecular weight excluding hydrogens is 174 g/mol. The van der Waals surface area contributed by atoms with Crippen LogP contribution in [0.15, 0.2) is 17.8 Å². The quantitative estimate of drug-likeness (QED) is 0.748. The number of nitrogens with zero attached hydrogens (tertiary/aromatic N) is 1. The first-order valence-electron chi connectivity index (χ1n) is 3.73. The summed E-state index contributed by atoms with van der Waals surface area (Å²) in [5, 5.41) is 3.73. The van der Waals surface area contributed by atoms with Crippen molar-refractivity contribution >= 4 is 11.6 Å². The maximum Gasteiger partial charge on any atom is 0.103 e. The van der Waals surface area contributed by atoms with Crippen LogP contribution in [0.3, 0.4) is 0 Å². The highest BCUT2D eigenvalue weighted by Gasteiger charge is 1.95. The van der Waals surface area contributed by atoms with Gasteiger partial charge in [-0.2, -0.15) is 0 Å². The molecule has 2 N–H and O–H groups in total. The zero-order valence-corrected chi connectivity index (χ0v) is 7.78. The smallest absolute Gasteiger partial charge is 0.103 e. The van der Waals surface area contributed by atoms with E-state index >= 15 is 0 Å². The Kier molecular flexibility index (Phi) is 3.31. The van der Waals surface area contributed by atoms with Gasteiger partial charge in [0.2, 0.25) is 0 Å². The second kappa shape index (κ2) is 4.28. The molecule has 0 saturated heterocycles. The van der Waals surface area contributed by atoms with Crippen molar-refractivity contribution in [2.75, 3.05) is 6.54 Å². The standard InChI is InChI=1S/C8H12ClN3/c1-6(9)3-10-4-8-5-11-7(2)12-8/h5,10H,1,3-4H2,2H3,(H,11,12). The van der Waals surface area contributed by atoms with Gasteiger partial charge in [-0.15, -0.1) is 0 Å². The van der Waals surface area contributed by atoms with E-state index < -0.39 is 0 Å². The van der Waals surface area contributed by atoms with Crippen LogP contribution in [0, 0.1) is 6.92 Å².